The zero-order chi connectivity index (χ0) is 13.8. The van der Waals surface area contributed by atoms with Gasteiger partial charge in [0.15, 0.2) is 0 Å². The minimum absolute atomic E-state index is 0.197. The van der Waals surface area contributed by atoms with E-state index in [1.165, 1.54) is 10.9 Å². The first-order chi connectivity index (χ1) is 9.08. The van der Waals surface area contributed by atoms with Crippen molar-refractivity contribution in [3.63, 3.8) is 0 Å². The molecule has 0 amide bonds. The summed E-state index contributed by atoms with van der Waals surface area (Å²) in [5.41, 5.74) is 2.33. The van der Waals surface area contributed by atoms with Crippen molar-refractivity contribution < 1.29 is 9.59 Å². The highest BCUT2D eigenvalue weighted by atomic mass is 16.1. The average Bonchev–Trinajstić information content (AvgIpc) is 2.72. The molecule has 2 aromatic rings. The van der Waals surface area contributed by atoms with Crippen molar-refractivity contribution in [1.29, 1.82) is 0 Å². The summed E-state index contributed by atoms with van der Waals surface area (Å²) in [6.07, 6.45) is 3.96. The molecule has 19 heavy (non-hydrogen) atoms. The zero-order valence-electron chi connectivity index (χ0n) is 11.5. The standard InChI is InChI=1S/C16H19NO2/c1-12(18)7-8-14-11-17(10-9-13(2)19)16-6-4-3-5-15(14)16/h3-6,11H,7-10H2,1-2H3. The molecule has 0 aliphatic rings. The largest absolute Gasteiger partial charge is 0.347 e. The fraction of sp³-hybridized carbons (Fsp3) is 0.375. The number of ketones is 2. The maximum atomic E-state index is 11.1. The van der Waals surface area contributed by atoms with Gasteiger partial charge in [-0.3, -0.25) is 4.79 Å². The molecule has 0 spiro atoms. The van der Waals surface area contributed by atoms with Gasteiger partial charge in [0.1, 0.15) is 11.6 Å². The number of nitrogens with zero attached hydrogens (tertiary/aromatic N) is 1. The smallest absolute Gasteiger partial charge is 0.131 e. The molecule has 1 aromatic carbocycles. The summed E-state index contributed by atoms with van der Waals surface area (Å²) in [5, 5.41) is 1.19. The van der Waals surface area contributed by atoms with E-state index in [0.29, 0.717) is 19.4 Å². The van der Waals surface area contributed by atoms with Crippen LogP contribution in [0.3, 0.4) is 0 Å². The summed E-state index contributed by atoms with van der Waals surface area (Å²) < 4.78 is 2.12. The molecule has 3 heteroatoms. The van der Waals surface area contributed by atoms with Gasteiger partial charge in [0, 0.05) is 36.5 Å². The normalized spacial score (nSPS) is 10.8. The van der Waals surface area contributed by atoms with Gasteiger partial charge in [0.2, 0.25) is 0 Å². The molecule has 0 saturated carbocycles. The SMILES string of the molecule is CC(=O)CCc1cn(CCC(C)=O)c2ccccc12. The molecule has 100 valence electrons. The Bertz CT molecular complexity index is 558. The van der Waals surface area contributed by atoms with Gasteiger partial charge >= 0.3 is 0 Å². The molecule has 0 aliphatic heterocycles. The van der Waals surface area contributed by atoms with Crippen LogP contribution < -0.4 is 0 Å². The molecule has 0 unspecified atom stereocenters. The Morgan fingerprint density at radius 2 is 1.74 bits per heavy atom. The number of Topliss-reactive ketones (excluding diaryl/α,β-unsaturated/α-hetero) is 2. The zero-order valence-corrected chi connectivity index (χ0v) is 11.5. The fourth-order valence-corrected chi connectivity index (χ4v) is 2.30. The highest BCUT2D eigenvalue weighted by molar-refractivity contribution is 5.85. The number of hydrogen-bond donors (Lipinski definition) is 0. The molecule has 0 aliphatic carbocycles. The minimum atomic E-state index is 0.197. The molecule has 1 aromatic heterocycles. The Morgan fingerprint density at radius 3 is 2.42 bits per heavy atom. The molecule has 1 heterocycles. The lowest BCUT2D eigenvalue weighted by Crippen LogP contribution is -2.01. The number of carbonyl (C=O) groups is 2. The molecule has 0 fully saturated rings. The van der Waals surface area contributed by atoms with E-state index in [1.54, 1.807) is 13.8 Å². The molecule has 0 bridgehead atoms. The summed E-state index contributed by atoms with van der Waals surface area (Å²) in [4.78, 5) is 22.2. The average molecular weight is 257 g/mol. The molecule has 0 radical (unpaired) electrons. The van der Waals surface area contributed by atoms with Gasteiger partial charge in [-0.15, -0.1) is 0 Å². The lowest BCUT2D eigenvalue weighted by molar-refractivity contribution is -0.117. The molecule has 0 saturated heterocycles. The maximum absolute atomic E-state index is 11.1. The molecule has 0 N–H and O–H groups in total. The minimum Gasteiger partial charge on any atom is -0.347 e. The Morgan fingerprint density at radius 1 is 1.05 bits per heavy atom. The van der Waals surface area contributed by atoms with E-state index in [0.717, 1.165) is 11.9 Å². The summed E-state index contributed by atoms with van der Waals surface area (Å²) in [6.45, 7) is 3.94. The van der Waals surface area contributed by atoms with Crippen molar-refractivity contribution >= 4 is 22.5 Å². The maximum Gasteiger partial charge on any atom is 0.131 e. The van der Waals surface area contributed by atoms with Gasteiger partial charge in [-0.1, -0.05) is 18.2 Å². The Hall–Kier alpha value is -1.90. The van der Waals surface area contributed by atoms with Crippen LogP contribution in [0.2, 0.25) is 0 Å². The van der Waals surface area contributed by atoms with E-state index in [2.05, 4.69) is 22.9 Å². The van der Waals surface area contributed by atoms with Crippen LogP contribution in [0.5, 0.6) is 0 Å². The first kappa shape index (κ1) is 13.5. The summed E-state index contributed by atoms with van der Waals surface area (Å²) in [5.74, 6) is 0.406. The quantitative estimate of drug-likeness (QED) is 0.797. The van der Waals surface area contributed by atoms with E-state index < -0.39 is 0 Å². The Labute approximate surface area is 113 Å². The van der Waals surface area contributed by atoms with Crippen LogP contribution in [0.4, 0.5) is 0 Å². The second kappa shape index (κ2) is 5.83. The van der Waals surface area contributed by atoms with Crippen molar-refractivity contribution in [2.24, 2.45) is 0 Å². The number of aryl methyl sites for hydroxylation is 2. The van der Waals surface area contributed by atoms with Crippen LogP contribution in [-0.4, -0.2) is 16.1 Å². The van der Waals surface area contributed by atoms with E-state index in [4.69, 9.17) is 0 Å². The molecule has 3 nitrogen and oxygen atoms in total. The summed E-state index contributed by atoms with van der Waals surface area (Å²) in [7, 11) is 0. The molecule has 0 atom stereocenters. The van der Waals surface area contributed by atoms with Crippen molar-refractivity contribution in [3.8, 4) is 0 Å². The second-order valence-corrected chi connectivity index (χ2v) is 5.02. The molecular weight excluding hydrogens is 238 g/mol. The lowest BCUT2D eigenvalue weighted by atomic mass is 10.1. The second-order valence-electron chi connectivity index (χ2n) is 5.02. The fourth-order valence-electron chi connectivity index (χ4n) is 2.30. The van der Waals surface area contributed by atoms with Gasteiger partial charge in [0.25, 0.3) is 0 Å². The highest BCUT2D eigenvalue weighted by Crippen LogP contribution is 2.23. The summed E-state index contributed by atoms with van der Waals surface area (Å²) >= 11 is 0. The van der Waals surface area contributed by atoms with Crippen LogP contribution in [0.15, 0.2) is 30.5 Å². The number of benzene rings is 1. The number of para-hydroxylation sites is 1. The highest BCUT2D eigenvalue weighted by Gasteiger charge is 2.09. The van der Waals surface area contributed by atoms with Gasteiger partial charge in [-0.25, -0.2) is 0 Å². The predicted molar refractivity (Wildman–Crippen MR) is 76.2 cm³/mol. The van der Waals surface area contributed by atoms with Crippen LogP contribution >= 0.6 is 0 Å². The van der Waals surface area contributed by atoms with E-state index in [9.17, 15) is 9.59 Å². The third-order valence-electron chi connectivity index (χ3n) is 3.32. The predicted octanol–water partition coefficient (Wildman–Crippen LogP) is 3.14. The van der Waals surface area contributed by atoms with Gasteiger partial charge in [-0.05, 0) is 31.9 Å². The van der Waals surface area contributed by atoms with E-state index >= 15 is 0 Å². The van der Waals surface area contributed by atoms with Crippen LogP contribution in [-0.2, 0) is 22.6 Å². The topological polar surface area (TPSA) is 39.1 Å². The number of rotatable bonds is 6. The number of fused-ring (bicyclic) bond motifs is 1. The Kier molecular flexibility index (Phi) is 4.15. The van der Waals surface area contributed by atoms with Crippen molar-refractivity contribution in [3.05, 3.63) is 36.0 Å². The van der Waals surface area contributed by atoms with E-state index in [1.807, 2.05) is 12.1 Å². The van der Waals surface area contributed by atoms with Crippen molar-refractivity contribution in [1.82, 2.24) is 4.57 Å². The van der Waals surface area contributed by atoms with Gasteiger partial charge < -0.3 is 9.36 Å². The first-order valence-corrected chi connectivity index (χ1v) is 6.63. The van der Waals surface area contributed by atoms with Crippen molar-refractivity contribution in [2.45, 2.75) is 39.7 Å². The van der Waals surface area contributed by atoms with Gasteiger partial charge in [-0.2, -0.15) is 0 Å². The number of aromatic nitrogens is 1. The number of carbonyl (C=O) groups excluding carboxylic acids is 2. The van der Waals surface area contributed by atoms with E-state index in [-0.39, 0.29) is 11.6 Å². The van der Waals surface area contributed by atoms with Crippen molar-refractivity contribution in [2.75, 3.05) is 0 Å². The third kappa shape index (κ3) is 3.31. The van der Waals surface area contributed by atoms with Crippen LogP contribution in [0.1, 0.15) is 32.3 Å². The summed E-state index contributed by atoms with van der Waals surface area (Å²) in [6, 6.07) is 8.15. The molecule has 2 rings (SSSR count). The lowest BCUT2D eigenvalue weighted by Gasteiger charge is -2.02. The first-order valence-electron chi connectivity index (χ1n) is 6.63. The molecular formula is C16H19NO2. The number of hydrogen-bond acceptors (Lipinski definition) is 2. The third-order valence-corrected chi connectivity index (χ3v) is 3.32. The monoisotopic (exact) mass is 257 g/mol. The van der Waals surface area contributed by atoms with Crippen LogP contribution in [0.25, 0.3) is 10.9 Å². The van der Waals surface area contributed by atoms with Gasteiger partial charge in [0.05, 0.1) is 0 Å². The Balaban J connectivity index is 2.31. The van der Waals surface area contributed by atoms with Crippen LogP contribution in [0, 0.1) is 0 Å².